The Morgan fingerprint density at radius 1 is 1.29 bits per heavy atom. The maximum Gasteiger partial charge on any atom is 0.214 e. The number of unbranched alkanes of at least 4 members (excludes halogenated alkanes) is 3. The number of nitrogens with two attached hydrogens (primary N) is 1. The predicted octanol–water partition coefficient (Wildman–Crippen LogP) is 3.29. The van der Waals surface area contributed by atoms with Gasteiger partial charge < -0.3 is 15.7 Å². The number of nitrogens with zero attached hydrogens (tertiary/aromatic N) is 2. The number of pyridine rings is 1. The van der Waals surface area contributed by atoms with E-state index < -0.39 is 0 Å². The normalized spacial score (nSPS) is 11.8. The summed E-state index contributed by atoms with van der Waals surface area (Å²) in [7, 11) is 0. The molecule has 2 rings (SSSR count). The minimum absolute atomic E-state index is 0.0597. The van der Waals surface area contributed by atoms with Gasteiger partial charge in [0, 0.05) is 17.0 Å². The molecule has 1 heterocycles. The van der Waals surface area contributed by atoms with Gasteiger partial charge in [-0.2, -0.15) is 0 Å². The molecule has 0 bridgehead atoms. The number of hydrogen-bond acceptors (Lipinski definition) is 4. The highest BCUT2D eigenvalue weighted by Gasteiger charge is 2.10. The van der Waals surface area contributed by atoms with Crippen LogP contribution in [0.3, 0.4) is 0 Å². The maximum absolute atomic E-state index is 8.91. The third-order valence-corrected chi connectivity index (χ3v) is 3.32. The first-order valence-corrected chi connectivity index (χ1v) is 7.26. The zero-order valence-electron chi connectivity index (χ0n) is 12.2. The Kier molecular flexibility index (Phi) is 5.37. The molecule has 0 aliphatic heterocycles. The number of amidine groups is 1. The van der Waals surface area contributed by atoms with E-state index in [-0.39, 0.29) is 5.84 Å². The molecule has 0 amide bonds. The lowest BCUT2D eigenvalue weighted by Gasteiger charge is -2.10. The number of benzene rings is 1. The molecule has 112 valence electrons. The highest BCUT2D eigenvalue weighted by molar-refractivity contribution is 6.08. The number of fused-ring (bicyclic) bond motifs is 1. The van der Waals surface area contributed by atoms with Crippen LogP contribution in [0.5, 0.6) is 5.88 Å². The van der Waals surface area contributed by atoms with Crippen molar-refractivity contribution in [1.29, 1.82) is 0 Å². The van der Waals surface area contributed by atoms with Crippen LogP contribution in [-0.4, -0.2) is 22.6 Å². The summed E-state index contributed by atoms with van der Waals surface area (Å²) >= 11 is 0. The molecule has 3 N–H and O–H groups in total. The maximum atomic E-state index is 8.91. The van der Waals surface area contributed by atoms with Crippen molar-refractivity contribution in [2.24, 2.45) is 10.9 Å². The van der Waals surface area contributed by atoms with Crippen molar-refractivity contribution in [2.75, 3.05) is 6.61 Å². The summed E-state index contributed by atoms with van der Waals surface area (Å²) in [6.07, 6.45) is 4.56. The second kappa shape index (κ2) is 7.47. The van der Waals surface area contributed by atoms with Crippen molar-refractivity contribution in [1.82, 2.24) is 4.98 Å². The minimum atomic E-state index is 0.0597. The molecule has 0 spiro atoms. The van der Waals surface area contributed by atoms with E-state index >= 15 is 0 Å². The van der Waals surface area contributed by atoms with Gasteiger partial charge in [-0.15, -0.1) is 0 Å². The van der Waals surface area contributed by atoms with E-state index in [1.54, 1.807) is 6.07 Å². The lowest BCUT2D eigenvalue weighted by atomic mass is 10.1. The fourth-order valence-corrected chi connectivity index (χ4v) is 2.20. The van der Waals surface area contributed by atoms with Crippen LogP contribution in [-0.2, 0) is 0 Å². The Morgan fingerprint density at radius 2 is 2.10 bits per heavy atom. The fourth-order valence-electron chi connectivity index (χ4n) is 2.20. The van der Waals surface area contributed by atoms with Gasteiger partial charge in [0.15, 0.2) is 5.84 Å². The standard InChI is InChI=1S/C16H21N3O2/c1-2-3-4-7-10-21-15-11-13(16(17)19-20)12-8-5-6-9-14(12)18-15/h5-6,8-9,11,20H,2-4,7,10H2,1H3,(H2,17,19). The van der Waals surface area contributed by atoms with Crippen LogP contribution >= 0.6 is 0 Å². The Labute approximate surface area is 124 Å². The lowest BCUT2D eigenvalue weighted by Crippen LogP contribution is -2.14. The van der Waals surface area contributed by atoms with Crippen LogP contribution in [0.15, 0.2) is 35.5 Å². The number of rotatable bonds is 7. The second-order valence-electron chi connectivity index (χ2n) is 4.92. The molecule has 0 aliphatic rings. The van der Waals surface area contributed by atoms with Gasteiger partial charge in [0.25, 0.3) is 0 Å². The predicted molar refractivity (Wildman–Crippen MR) is 83.9 cm³/mol. The highest BCUT2D eigenvalue weighted by Crippen LogP contribution is 2.22. The van der Waals surface area contributed by atoms with E-state index in [1.165, 1.54) is 12.8 Å². The van der Waals surface area contributed by atoms with Gasteiger partial charge in [-0.05, 0) is 12.5 Å². The van der Waals surface area contributed by atoms with Crippen molar-refractivity contribution < 1.29 is 9.94 Å². The molecule has 0 saturated heterocycles. The van der Waals surface area contributed by atoms with E-state index in [2.05, 4.69) is 17.1 Å². The zero-order chi connectivity index (χ0) is 15.1. The smallest absolute Gasteiger partial charge is 0.214 e. The van der Waals surface area contributed by atoms with Gasteiger partial charge in [-0.3, -0.25) is 0 Å². The molecule has 0 radical (unpaired) electrons. The van der Waals surface area contributed by atoms with E-state index in [1.807, 2.05) is 24.3 Å². The summed E-state index contributed by atoms with van der Waals surface area (Å²) in [6, 6.07) is 9.28. The summed E-state index contributed by atoms with van der Waals surface area (Å²) in [6.45, 7) is 2.80. The average Bonchev–Trinajstić information content (AvgIpc) is 2.53. The molecule has 0 saturated carbocycles. The fraction of sp³-hybridized carbons (Fsp3) is 0.375. The molecule has 5 heteroatoms. The third-order valence-electron chi connectivity index (χ3n) is 3.32. The summed E-state index contributed by atoms with van der Waals surface area (Å²) in [5, 5.41) is 12.8. The van der Waals surface area contributed by atoms with Crippen LogP contribution in [0.1, 0.15) is 38.2 Å². The number of oxime groups is 1. The first-order chi connectivity index (χ1) is 10.3. The summed E-state index contributed by atoms with van der Waals surface area (Å²) in [5.41, 5.74) is 7.14. The molecular weight excluding hydrogens is 266 g/mol. The molecule has 1 aromatic carbocycles. The van der Waals surface area contributed by atoms with Gasteiger partial charge in [0.05, 0.1) is 12.1 Å². The topological polar surface area (TPSA) is 80.7 Å². The molecule has 5 nitrogen and oxygen atoms in total. The highest BCUT2D eigenvalue weighted by atomic mass is 16.5. The first-order valence-electron chi connectivity index (χ1n) is 7.26. The average molecular weight is 287 g/mol. The van der Waals surface area contributed by atoms with E-state index in [9.17, 15) is 0 Å². The molecule has 2 aromatic rings. The number of hydrogen-bond donors (Lipinski definition) is 2. The zero-order valence-corrected chi connectivity index (χ0v) is 12.2. The number of aromatic nitrogens is 1. The SMILES string of the molecule is CCCCCCOc1cc(C(N)=NO)c2ccccc2n1. The monoisotopic (exact) mass is 287 g/mol. The first kappa shape index (κ1) is 15.1. The van der Waals surface area contributed by atoms with Crippen molar-refractivity contribution in [3.05, 3.63) is 35.9 Å². The summed E-state index contributed by atoms with van der Waals surface area (Å²) in [4.78, 5) is 4.46. The summed E-state index contributed by atoms with van der Waals surface area (Å²) < 4.78 is 5.69. The molecule has 0 unspecified atom stereocenters. The molecule has 0 atom stereocenters. The Morgan fingerprint density at radius 3 is 2.86 bits per heavy atom. The number of para-hydroxylation sites is 1. The molecule has 21 heavy (non-hydrogen) atoms. The van der Waals surface area contributed by atoms with Crippen LogP contribution < -0.4 is 10.5 Å². The van der Waals surface area contributed by atoms with E-state index in [4.69, 9.17) is 15.7 Å². The Balaban J connectivity index is 2.21. The molecule has 1 aromatic heterocycles. The Bertz CT molecular complexity index is 626. The lowest BCUT2D eigenvalue weighted by molar-refractivity contribution is 0.295. The van der Waals surface area contributed by atoms with Crippen molar-refractivity contribution in [2.45, 2.75) is 32.6 Å². The largest absolute Gasteiger partial charge is 0.478 e. The molecule has 0 fully saturated rings. The van der Waals surface area contributed by atoms with Gasteiger partial charge in [-0.1, -0.05) is 49.5 Å². The van der Waals surface area contributed by atoms with Gasteiger partial charge in [-0.25, -0.2) is 4.98 Å². The minimum Gasteiger partial charge on any atom is -0.478 e. The van der Waals surface area contributed by atoms with Gasteiger partial charge >= 0.3 is 0 Å². The summed E-state index contributed by atoms with van der Waals surface area (Å²) in [5.74, 6) is 0.566. The van der Waals surface area contributed by atoms with Crippen molar-refractivity contribution >= 4 is 16.7 Å². The van der Waals surface area contributed by atoms with E-state index in [0.29, 0.717) is 18.1 Å². The van der Waals surface area contributed by atoms with Crippen molar-refractivity contribution in [3.63, 3.8) is 0 Å². The van der Waals surface area contributed by atoms with E-state index in [0.717, 1.165) is 23.7 Å². The Hall–Kier alpha value is -2.30. The molecule has 0 aliphatic carbocycles. The van der Waals surface area contributed by atoms with Crippen LogP contribution in [0.4, 0.5) is 0 Å². The number of ether oxygens (including phenoxy) is 1. The molecular formula is C16H21N3O2. The van der Waals surface area contributed by atoms with Gasteiger partial charge in [0.2, 0.25) is 5.88 Å². The van der Waals surface area contributed by atoms with Crippen LogP contribution in [0.25, 0.3) is 10.9 Å². The quantitative estimate of drug-likeness (QED) is 0.269. The van der Waals surface area contributed by atoms with Crippen LogP contribution in [0, 0.1) is 0 Å². The third kappa shape index (κ3) is 3.84. The van der Waals surface area contributed by atoms with Gasteiger partial charge in [0.1, 0.15) is 0 Å². The van der Waals surface area contributed by atoms with Crippen LogP contribution in [0.2, 0.25) is 0 Å². The second-order valence-corrected chi connectivity index (χ2v) is 4.92. The van der Waals surface area contributed by atoms with Crippen molar-refractivity contribution in [3.8, 4) is 5.88 Å².